The van der Waals surface area contributed by atoms with Gasteiger partial charge in [-0.25, -0.2) is 0 Å². The van der Waals surface area contributed by atoms with E-state index in [-0.39, 0.29) is 11.8 Å². The largest absolute Gasteiger partial charge is 0.494 e. The van der Waals surface area contributed by atoms with Gasteiger partial charge in [0.05, 0.1) is 18.2 Å². The van der Waals surface area contributed by atoms with Crippen LogP contribution in [0.1, 0.15) is 20.3 Å². The number of hydrogen-bond donors (Lipinski definition) is 1. The van der Waals surface area contributed by atoms with Gasteiger partial charge in [-0.15, -0.1) is 0 Å². The second-order valence-electron chi connectivity index (χ2n) is 4.60. The van der Waals surface area contributed by atoms with Gasteiger partial charge in [-0.05, 0) is 42.9 Å². The zero-order valence-electron chi connectivity index (χ0n) is 11.2. The number of nitrogens with zero attached hydrogens (tertiary/aromatic N) is 1. The topological polar surface area (TPSA) is 41.6 Å². The Morgan fingerprint density at radius 1 is 1.42 bits per heavy atom. The lowest BCUT2D eigenvalue weighted by Crippen LogP contribution is -2.54. The van der Waals surface area contributed by atoms with Crippen molar-refractivity contribution in [3.05, 3.63) is 24.3 Å². The van der Waals surface area contributed by atoms with E-state index in [1.54, 1.807) is 4.90 Å². The summed E-state index contributed by atoms with van der Waals surface area (Å²) in [5, 5.41) is 3.53. The Bertz CT molecular complexity index is 473. The smallest absolute Gasteiger partial charge is 0.237 e. The van der Waals surface area contributed by atoms with Crippen LogP contribution in [0.25, 0.3) is 0 Å². The zero-order valence-corrected chi connectivity index (χ0v) is 12.0. The molecule has 2 rings (SSSR count). The molecule has 0 aromatic heterocycles. The van der Waals surface area contributed by atoms with Crippen molar-refractivity contribution in [3.8, 4) is 5.75 Å². The van der Waals surface area contributed by atoms with Crippen LogP contribution >= 0.6 is 12.2 Å². The maximum absolute atomic E-state index is 12.2. The fourth-order valence-electron chi connectivity index (χ4n) is 1.88. The molecule has 0 bridgehead atoms. The Hall–Kier alpha value is -1.62. The van der Waals surface area contributed by atoms with Crippen LogP contribution in [0.2, 0.25) is 0 Å². The molecule has 1 fully saturated rings. The Kier molecular flexibility index (Phi) is 4.37. The average molecular weight is 278 g/mol. The van der Waals surface area contributed by atoms with Gasteiger partial charge in [0.25, 0.3) is 0 Å². The molecule has 1 aromatic carbocycles. The van der Waals surface area contributed by atoms with Crippen LogP contribution in [0.15, 0.2) is 24.3 Å². The van der Waals surface area contributed by atoms with Gasteiger partial charge in [0.2, 0.25) is 5.91 Å². The van der Waals surface area contributed by atoms with Crippen LogP contribution in [-0.4, -0.2) is 24.2 Å². The summed E-state index contributed by atoms with van der Waals surface area (Å²) >= 11 is 5.20. The molecular formula is C14H18N2O2S. The highest BCUT2D eigenvalue weighted by Crippen LogP contribution is 2.23. The van der Waals surface area contributed by atoms with Crippen LogP contribution in [-0.2, 0) is 4.79 Å². The van der Waals surface area contributed by atoms with E-state index >= 15 is 0 Å². The summed E-state index contributed by atoms with van der Waals surface area (Å²) in [6.07, 6.45) is 0.970. The fraction of sp³-hybridized carbons (Fsp3) is 0.429. The number of nitrogens with one attached hydrogen (secondary N) is 1. The van der Waals surface area contributed by atoms with Crippen molar-refractivity contribution in [2.45, 2.75) is 20.3 Å². The monoisotopic (exact) mass is 278 g/mol. The molecule has 1 aliphatic rings. The molecule has 1 atom stereocenters. The highest BCUT2D eigenvalue weighted by molar-refractivity contribution is 7.80. The molecule has 5 heteroatoms. The number of carbonyl (C=O) groups excluding carboxylic acids is 1. The number of rotatable bonds is 4. The van der Waals surface area contributed by atoms with E-state index in [9.17, 15) is 4.79 Å². The van der Waals surface area contributed by atoms with E-state index in [1.807, 2.05) is 31.2 Å². The van der Waals surface area contributed by atoms with Crippen molar-refractivity contribution in [1.82, 2.24) is 5.32 Å². The minimum absolute atomic E-state index is 0.0333. The van der Waals surface area contributed by atoms with Crippen LogP contribution < -0.4 is 15.0 Å². The summed E-state index contributed by atoms with van der Waals surface area (Å²) in [5.41, 5.74) is 0.776. The molecule has 0 spiro atoms. The maximum atomic E-state index is 12.2. The van der Waals surface area contributed by atoms with Crippen molar-refractivity contribution in [2.75, 3.05) is 18.1 Å². The molecule has 0 unspecified atom stereocenters. The van der Waals surface area contributed by atoms with Crippen molar-refractivity contribution < 1.29 is 9.53 Å². The molecule has 1 saturated heterocycles. The van der Waals surface area contributed by atoms with E-state index in [2.05, 4.69) is 12.2 Å². The zero-order chi connectivity index (χ0) is 13.8. The average Bonchev–Trinajstić information content (AvgIpc) is 2.42. The summed E-state index contributed by atoms with van der Waals surface area (Å²) in [5.74, 6) is 0.774. The highest BCUT2D eigenvalue weighted by Gasteiger charge is 2.29. The second kappa shape index (κ2) is 6.02. The molecule has 1 aliphatic heterocycles. The molecule has 1 amide bonds. The van der Waals surface area contributed by atoms with Crippen LogP contribution in [0.5, 0.6) is 5.75 Å². The van der Waals surface area contributed by atoms with Gasteiger partial charge >= 0.3 is 0 Å². The predicted octanol–water partition coefficient (Wildman–Crippen LogP) is 2.33. The summed E-state index contributed by atoms with van der Waals surface area (Å²) < 4.78 is 5.52. The third-order valence-electron chi connectivity index (χ3n) is 2.97. The van der Waals surface area contributed by atoms with E-state index < -0.39 is 0 Å². The number of carbonyl (C=O) groups is 1. The van der Waals surface area contributed by atoms with Crippen LogP contribution in [0.4, 0.5) is 5.69 Å². The summed E-state index contributed by atoms with van der Waals surface area (Å²) in [7, 11) is 0. The first-order valence-electron chi connectivity index (χ1n) is 6.48. The van der Waals surface area contributed by atoms with E-state index in [4.69, 9.17) is 17.0 Å². The molecule has 0 radical (unpaired) electrons. The van der Waals surface area contributed by atoms with Gasteiger partial charge in [0.1, 0.15) is 5.75 Å². The minimum Gasteiger partial charge on any atom is -0.494 e. The van der Waals surface area contributed by atoms with Gasteiger partial charge in [-0.1, -0.05) is 13.8 Å². The lowest BCUT2D eigenvalue weighted by Gasteiger charge is -2.32. The summed E-state index contributed by atoms with van der Waals surface area (Å²) in [6.45, 7) is 5.25. The Morgan fingerprint density at radius 3 is 2.74 bits per heavy atom. The minimum atomic E-state index is -0.0669. The van der Waals surface area contributed by atoms with Crippen molar-refractivity contribution in [1.29, 1.82) is 0 Å². The second-order valence-corrected chi connectivity index (χ2v) is 4.99. The third-order valence-corrected chi connectivity index (χ3v) is 3.30. The molecule has 0 saturated carbocycles. The number of amides is 1. The van der Waals surface area contributed by atoms with Gasteiger partial charge in [0, 0.05) is 6.54 Å². The van der Waals surface area contributed by atoms with Gasteiger partial charge < -0.3 is 10.1 Å². The number of hydrogen-bond acceptors (Lipinski definition) is 3. The maximum Gasteiger partial charge on any atom is 0.237 e. The number of thiocarbonyl (C=S) groups is 1. The normalized spacial score (nSPS) is 19.3. The van der Waals surface area contributed by atoms with Crippen LogP contribution in [0.3, 0.4) is 0 Å². The van der Waals surface area contributed by atoms with Gasteiger partial charge in [-0.2, -0.15) is 0 Å². The van der Waals surface area contributed by atoms with Crippen molar-refractivity contribution >= 4 is 28.9 Å². The molecule has 19 heavy (non-hydrogen) atoms. The highest BCUT2D eigenvalue weighted by atomic mass is 32.1. The Balaban J connectivity index is 2.16. The Morgan fingerprint density at radius 2 is 2.11 bits per heavy atom. The quantitative estimate of drug-likeness (QED) is 0.858. The van der Waals surface area contributed by atoms with Crippen LogP contribution in [0, 0.1) is 5.92 Å². The summed E-state index contributed by atoms with van der Waals surface area (Å²) in [4.78, 5) is 13.7. The molecule has 1 N–H and O–H groups in total. The van der Waals surface area contributed by atoms with E-state index in [0.29, 0.717) is 18.3 Å². The summed E-state index contributed by atoms with van der Waals surface area (Å²) in [6, 6.07) is 7.43. The first kappa shape index (κ1) is 13.8. The lowest BCUT2D eigenvalue weighted by molar-refractivity contribution is -0.121. The molecule has 1 heterocycles. The molecule has 1 aromatic rings. The standard InChI is InChI=1S/C14H18N2O2S/c1-3-8-18-12-6-4-11(5-7-12)16-13(17)10(2)9-15-14(16)19/h4-7,10H,3,8-9H2,1-2H3,(H,15,19)/t10-/m1/s1. The number of benzene rings is 1. The van der Waals surface area contributed by atoms with Crippen molar-refractivity contribution in [2.24, 2.45) is 5.92 Å². The fourth-order valence-corrected chi connectivity index (χ4v) is 2.16. The van der Waals surface area contributed by atoms with E-state index in [0.717, 1.165) is 17.9 Å². The van der Waals surface area contributed by atoms with Gasteiger partial charge in [-0.3, -0.25) is 9.69 Å². The SMILES string of the molecule is CCCOc1ccc(N2C(=O)[C@H](C)CNC2=S)cc1. The number of anilines is 1. The first-order chi connectivity index (χ1) is 9.13. The van der Waals surface area contributed by atoms with Crippen molar-refractivity contribution in [3.63, 3.8) is 0 Å². The molecule has 102 valence electrons. The third kappa shape index (κ3) is 3.04. The molecule has 0 aliphatic carbocycles. The first-order valence-corrected chi connectivity index (χ1v) is 6.89. The predicted molar refractivity (Wildman–Crippen MR) is 79.5 cm³/mol. The molecule has 4 nitrogen and oxygen atoms in total. The molecular weight excluding hydrogens is 260 g/mol. The lowest BCUT2D eigenvalue weighted by atomic mass is 10.1. The Labute approximate surface area is 118 Å². The number of ether oxygens (including phenoxy) is 1. The van der Waals surface area contributed by atoms with Gasteiger partial charge in [0.15, 0.2) is 5.11 Å². The van der Waals surface area contributed by atoms with E-state index in [1.165, 1.54) is 0 Å².